The van der Waals surface area contributed by atoms with Gasteiger partial charge in [-0.1, -0.05) is 24.3 Å². The maximum Gasteiger partial charge on any atom is 0.175 e. The quantitative estimate of drug-likeness (QED) is 0.775. The van der Waals surface area contributed by atoms with Gasteiger partial charge in [-0.15, -0.1) is 0 Å². The van der Waals surface area contributed by atoms with E-state index < -0.39 is 9.84 Å². The second kappa shape index (κ2) is 4.98. The Balaban J connectivity index is 2.17. The van der Waals surface area contributed by atoms with E-state index >= 15 is 0 Å². The summed E-state index contributed by atoms with van der Waals surface area (Å²) in [5.74, 6) is 0.636. The molecule has 21 heavy (non-hydrogen) atoms. The summed E-state index contributed by atoms with van der Waals surface area (Å²) in [5.41, 5.74) is 9.10. The molecule has 6 heteroatoms. The fourth-order valence-electron chi connectivity index (χ4n) is 2.27. The van der Waals surface area contributed by atoms with Gasteiger partial charge in [-0.25, -0.2) is 13.4 Å². The molecule has 0 aliphatic heterocycles. The molecule has 5 nitrogen and oxygen atoms in total. The Hall–Kier alpha value is -2.18. The highest BCUT2D eigenvalue weighted by Gasteiger charge is 2.11. The third-order valence-corrected chi connectivity index (χ3v) is 4.46. The zero-order valence-corrected chi connectivity index (χ0v) is 12.3. The van der Waals surface area contributed by atoms with E-state index in [1.165, 1.54) is 6.26 Å². The molecule has 3 N–H and O–H groups in total. The van der Waals surface area contributed by atoms with Gasteiger partial charge in [0.05, 0.1) is 15.9 Å². The van der Waals surface area contributed by atoms with Crippen molar-refractivity contribution in [3.63, 3.8) is 0 Å². The smallest absolute Gasteiger partial charge is 0.175 e. The maximum atomic E-state index is 11.6. The zero-order chi connectivity index (χ0) is 15.0. The van der Waals surface area contributed by atoms with E-state index in [0.717, 1.165) is 22.2 Å². The van der Waals surface area contributed by atoms with Crippen LogP contribution in [0.5, 0.6) is 0 Å². The average molecular weight is 301 g/mol. The highest BCUT2D eigenvalue weighted by atomic mass is 32.2. The molecule has 0 amide bonds. The summed E-state index contributed by atoms with van der Waals surface area (Å²) < 4.78 is 23.3. The number of nitrogens with one attached hydrogen (secondary N) is 1. The SMILES string of the molecule is CS(=O)(=O)c1cccc(-c2nc3c(CN)cccc3[nH]2)c1. The second-order valence-corrected chi connectivity index (χ2v) is 6.92. The minimum atomic E-state index is -3.24. The number of nitrogens with zero attached hydrogens (tertiary/aromatic N) is 1. The van der Waals surface area contributed by atoms with Crippen LogP contribution in [0.4, 0.5) is 0 Å². The molecule has 0 saturated heterocycles. The summed E-state index contributed by atoms with van der Waals surface area (Å²) in [4.78, 5) is 8.03. The number of hydrogen-bond donors (Lipinski definition) is 2. The first-order valence-corrected chi connectivity index (χ1v) is 8.36. The van der Waals surface area contributed by atoms with E-state index in [-0.39, 0.29) is 4.90 Å². The Kier molecular flexibility index (Phi) is 3.27. The van der Waals surface area contributed by atoms with Crippen molar-refractivity contribution in [2.24, 2.45) is 5.73 Å². The largest absolute Gasteiger partial charge is 0.338 e. The van der Waals surface area contributed by atoms with Crippen molar-refractivity contribution in [2.75, 3.05) is 6.26 Å². The average Bonchev–Trinajstić information content (AvgIpc) is 2.90. The highest BCUT2D eigenvalue weighted by Crippen LogP contribution is 2.24. The van der Waals surface area contributed by atoms with E-state index in [1.54, 1.807) is 18.2 Å². The van der Waals surface area contributed by atoms with Gasteiger partial charge in [-0.05, 0) is 23.8 Å². The molecule has 0 saturated carbocycles. The number of fused-ring (bicyclic) bond motifs is 1. The lowest BCUT2D eigenvalue weighted by Crippen LogP contribution is -1.97. The number of hydrogen-bond acceptors (Lipinski definition) is 4. The Morgan fingerprint density at radius 3 is 2.67 bits per heavy atom. The van der Waals surface area contributed by atoms with E-state index in [1.807, 2.05) is 24.3 Å². The minimum absolute atomic E-state index is 0.277. The molecule has 3 rings (SSSR count). The molecule has 0 bridgehead atoms. The maximum absolute atomic E-state index is 11.6. The predicted molar refractivity (Wildman–Crippen MR) is 82.5 cm³/mol. The van der Waals surface area contributed by atoms with Crippen LogP contribution >= 0.6 is 0 Å². The van der Waals surface area contributed by atoms with E-state index in [2.05, 4.69) is 9.97 Å². The summed E-state index contributed by atoms with van der Waals surface area (Å²) in [6.07, 6.45) is 1.19. The number of para-hydroxylation sites is 1. The summed E-state index contributed by atoms with van der Waals surface area (Å²) in [7, 11) is -3.24. The molecule has 0 unspecified atom stereocenters. The number of imidazole rings is 1. The molecule has 3 aromatic rings. The van der Waals surface area contributed by atoms with Crippen molar-refractivity contribution >= 4 is 20.9 Å². The molecule has 0 fully saturated rings. The summed E-state index contributed by atoms with van der Waals surface area (Å²) in [6, 6.07) is 12.5. The first-order chi connectivity index (χ1) is 9.99. The van der Waals surface area contributed by atoms with Gasteiger partial charge in [0.15, 0.2) is 9.84 Å². The van der Waals surface area contributed by atoms with Gasteiger partial charge >= 0.3 is 0 Å². The number of aromatic nitrogens is 2. The predicted octanol–water partition coefficient (Wildman–Crippen LogP) is 2.09. The Labute approximate surface area is 122 Å². The molecular weight excluding hydrogens is 286 g/mol. The lowest BCUT2D eigenvalue weighted by Gasteiger charge is -2.01. The lowest BCUT2D eigenvalue weighted by atomic mass is 10.2. The molecule has 0 aliphatic rings. The Morgan fingerprint density at radius 1 is 1.19 bits per heavy atom. The van der Waals surface area contributed by atoms with Gasteiger partial charge in [0, 0.05) is 18.4 Å². The number of aromatic amines is 1. The van der Waals surface area contributed by atoms with Crippen LogP contribution in [0, 0.1) is 0 Å². The molecule has 0 spiro atoms. The van der Waals surface area contributed by atoms with Crippen LogP contribution < -0.4 is 5.73 Å². The van der Waals surface area contributed by atoms with Gasteiger partial charge in [-0.3, -0.25) is 0 Å². The van der Waals surface area contributed by atoms with Crippen molar-refractivity contribution in [3.05, 3.63) is 48.0 Å². The Bertz CT molecular complexity index is 914. The first-order valence-electron chi connectivity index (χ1n) is 6.47. The molecule has 0 atom stereocenters. The van der Waals surface area contributed by atoms with Gasteiger partial charge < -0.3 is 10.7 Å². The Morgan fingerprint density at radius 2 is 1.95 bits per heavy atom. The number of sulfone groups is 1. The van der Waals surface area contributed by atoms with Gasteiger partial charge in [0.1, 0.15) is 5.82 Å². The third-order valence-electron chi connectivity index (χ3n) is 3.35. The lowest BCUT2D eigenvalue weighted by molar-refractivity contribution is 0.602. The van der Waals surface area contributed by atoms with Gasteiger partial charge in [0.25, 0.3) is 0 Å². The van der Waals surface area contributed by atoms with Gasteiger partial charge in [-0.2, -0.15) is 0 Å². The summed E-state index contributed by atoms with van der Waals surface area (Å²) in [5, 5.41) is 0. The molecular formula is C15H15N3O2S. The standard InChI is InChI=1S/C15H15N3O2S/c1-21(19,20)12-6-2-4-10(8-12)15-17-13-7-3-5-11(9-16)14(13)18-15/h2-8H,9,16H2,1H3,(H,17,18). The number of H-pyrrole nitrogens is 1. The van der Waals surface area contributed by atoms with Crippen molar-refractivity contribution in [1.82, 2.24) is 9.97 Å². The van der Waals surface area contributed by atoms with Crippen LogP contribution in [0.3, 0.4) is 0 Å². The van der Waals surface area contributed by atoms with Crippen LogP contribution in [0.1, 0.15) is 5.56 Å². The van der Waals surface area contributed by atoms with Gasteiger partial charge in [0.2, 0.25) is 0 Å². The van der Waals surface area contributed by atoms with Crippen molar-refractivity contribution in [3.8, 4) is 11.4 Å². The number of benzene rings is 2. The third kappa shape index (κ3) is 2.55. The highest BCUT2D eigenvalue weighted by molar-refractivity contribution is 7.90. The van der Waals surface area contributed by atoms with Crippen LogP contribution in [0.2, 0.25) is 0 Å². The monoisotopic (exact) mass is 301 g/mol. The molecule has 108 valence electrons. The molecule has 1 aromatic heterocycles. The summed E-state index contributed by atoms with van der Waals surface area (Å²) >= 11 is 0. The van der Waals surface area contributed by atoms with Crippen molar-refractivity contribution in [1.29, 1.82) is 0 Å². The van der Waals surface area contributed by atoms with E-state index in [9.17, 15) is 8.42 Å². The van der Waals surface area contributed by atoms with Crippen molar-refractivity contribution in [2.45, 2.75) is 11.4 Å². The normalized spacial score (nSPS) is 11.9. The summed E-state index contributed by atoms with van der Waals surface area (Å²) in [6.45, 7) is 0.408. The fraction of sp³-hybridized carbons (Fsp3) is 0.133. The molecule has 2 aromatic carbocycles. The van der Waals surface area contributed by atoms with Crippen LogP contribution in [0.15, 0.2) is 47.4 Å². The molecule has 1 heterocycles. The molecule has 0 aliphatic carbocycles. The number of rotatable bonds is 3. The van der Waals surface area contributed by atoms with E-state index in [0.29, 0.717) is 12.4 Å². The van der Waals surface area contributed by atoms with E-state index in [4.69, 9.17) is 5.73 Å². The minimum Gasteiger partial charge on any atom is -0.338 e. The second-order valence-electron chi connectivity index (χ2n) is 4.90. The van der Waals surface area contributed by atoms with Crippen LogP contribution in [0.25, 0.3) is 22.4 Å². The zero-order valence-electron chi connectivity index (χ0n) is 11.5. The fourth-order valence-corrected chi connectivity index (χ4v) is 2.93. The van der Waals surface area contributed by atoms with Crippen LogP contribution in [-0.4, -0.2) is 24.6 Å². The van der Waals surface area contributed by atoms with Crippen molar-refractivity contribution < 1.29 is 8.42 Å². The first kappa shape index (κ1) is 13.8. The topological polar surface area (TPSA) is 88.8 Å². The van der Waals surface area contributed by atoms with Crippen LogP contribution in [-0.2, 0) is 16.4 Å². The molecule has 0 radical (unpaired) electrons. The number of nitrogens with two attached hydrogens (primary N) is 1.